The molecule has 0 saturated heterocycles. The summed E-state index contributed by atoms with van der Waals surface area (Å²) >= 11 is 0. The largest absolute Gasteiger partial charge is 0.302 e. The van der Waals surface area contributed by atoms with E-state index in [9.17, 15) is 17.2 Å². The van der Waals surface area contributed by atoms with Gasteiger partial charge in [-0.3, -0.25) is 0 Å². The molecule has 0 spiro atoms. The number of rotatable bonds is 7. The lowest BCUT2D eigenvalue weighted by Gasteiger charge is -2.25. The fraction of sp³-hybridized carbons (Fsp3) is 1.00. The van der Waals surface area contributed by atoms with E-state index >= 15 is 0 Å². The van der Waals surface area contributed by atoms with Crippen molar-refractivity contribution in [2.24, 2.45) is 11.3 Å². The summed E-state index contributed by atoms with van der Waals surface area (Å²) in [6.07, 6.45) is 0. The zero-order chi connectivity index (χ0) is 15.9. The fourth-order valence-corrected chi connectivity index (χ4v) is 4.17. The number of hydrogen-bond acceptors (Lipinski definition) is 3. The van der Waals surface area contributed by atoms with Crippen molar-refractivity contribution in [1.82, 2.24) is 9.62 Å². The van der Waals surface area contributed by atoms with E-state index in [-0.39, 0.29) is 6.04 Å². The van der Waals surface area contributed by atoms with Crippen LogP contribution < -0.4 is 4.72 Å². The Morgan fingerprint density at radius 1 is 1.25 bits per heavy atom. The van der Waals surface area contributed by atoms with Crippen LogP contribution in [0, 0.1) is 11.3 Å². The highest BCUT2D eigenvalue weighted by Crippen LogP contribution is 2.65. The highest BCUT2D eigenvalue weighted by atomic mass is 32.2. The Hall–Kier alpha value is -0.270. The van der Waals surface area contributed by atoms with Crippen molar-refractivity contribution in [1.29, 1.82) is 0 Å². The molecule has 120 valence electrons. The van der Waals surface area contributed by atoms with Crippen molar-refractivity contribution in [2.75, 3.05) is 19.3 Å². The summed E-state index contributed by atoms with van der Waals surface area (Å²) in [5.74, 6) is -4.50. The first-order chi connectivity index (χ1) is 8.81. The van der Waals surface area contributed by atoms with Gasteiger partial charge in [0.15, 0.2) is 0 Å². The second-order valence-electron chi connectivity index (χ2n) is 6.73. The van der Waals surface area contributed by atoms with E-state index < -0.39 is 33.0 Å². The molecule has 1 saturated carbocycles. The molecular formula is C13H26F2N2O2S. The van der Waals surface area contributed by atoms with Crippen molar-refractivity contribution >= 4 is 10.0 Å². The number of nitrogens with one attached hydrogen (secondary N) is 1. The lowest BCUT2D eigenvalue weighted by Crippen LogP contribution is -2.43. The normalized spacial score (nSPS) is 26.0. The standard InChI is InChI=1S/C13H26F2N2O2S/c1-9(2)17(6)7-10(3)16-20(18,19)8-11-12(4,5)13(11,14)15/h9-11,16H,7-8H2,1-6H3/t10-,11?/m1/s1. The summed E-state index contributed by atoms with van der Waals surface area (Å²) < 4.78 is 53.3. The van der Waals surface area contributed by atoms with Crippen molar-refractivity contribution < 1.29 is 17.2 Å². The van der Waals surface area contributed by atoms with Crippen LogP contribution in [0.3, 0.4) is 0 Å². The number of sulfonamides is 1. The molecule has 1 fully saturated rings. The summed E-state index contributed by atoms with van der Waals surface area (Å²) in [5.41, 5.74) is -1.22. The molecule has 0 aliphatic heterocycles. The maximum atomic E-state index is 13.5. The van der Waals surface area contributed by atoms with Crippen LogP contribution in [-0.2, 0) is 10.0 Å². The molecule has 7 heteroatoms. The maximum Gasteiger partial charge on any atom is 0.258 e. The number of halogens is 2. The lowest BCUT2D eigenvalue weighted by molar-refractivity contribution is 0.0684. The Morgan fingerprint density at radius 3 is 2.05 bits per heavy atom. The highest BCUT2D eigenvalue weighted by molar-refractivity contribution is 7.89. The zero-order valence-corrected chi connectivity index (χ0v) is 13.9. The Kier molecular flexibility index (Phi) is 4.89. The minimum absolute atomic E-state index is 0.300. The monoisotopic (exact) mass is 312 g/mol. The number of nitrogens with zero attached hydrogens (tertiary/aromatic N) is 1. The predicted molar refractivity (Wildman–Crippen MR) is 76.4 cm³/mol. The summed E-state index contributed by atoms with van der Waals surface area (Å²) in [6, 6.07) is -0.00321. The summed E-state index contributed by atoms with van der Waals surface area (Å²) in [5, 5.41) is 0. The van der Waals surface area contributed by atoms with Gasteiger partial charge in [0.05, 0.1) is 5.75 Å². The molecule has 0 aromatic heterocycles. The minimum atomic E-state index is -3.69. The molecular weight excluding hydrogens is 286 g/mol. The van der Waals surface area contributed by atoms with Crippen molar-refractivity contribution in [3.63, 3.8) is 0 Å². The van der Waals surface area contributed by atoms with Crippen LogP contribution in [0.15, 0.2) is 0 Å². The molecule has 1 N–H and O–H groups in total. The van der Waals surface area contributed by atoms with E-state index in [0.29, 0.717) is 12.6 Å². The minimum Gasteiger partial charge on any atom is -0.302 e. The van der Waals surface area contributed by atoms with E-state index in [4.69, 9.17) is 0 Å². The van der Waals surface area contributed by atoms with Crippen LogP contribution >= 0.6 is 0 Å². The summed E-state index contributed by atoms with van der Waals surface area (Å²) in [7, 11) is -1.79. The van der Waals surface area contributed by atoms with Crippen LogP contribution in [0.5, 0.6) is 0 Å². The first kappa shape index (κ1) is 17.8. The molecule has 0 aromatic carbocycles. The number of alkyl halides is 2. The average Bonchev–Trinajstić information content (AvgIpc) is 2.59. The Bertz CT molecular complexity index is 435. The molecule has 1 unspecified atom stereocenters. The van der Waals surface area contributed by atoms with Crippen LogP contribution in [0.25, 0.3) is 0 Å². The molecule has 20 heavy (non-hydrogen) atoms. The highest BCUT2D eigenvalue weighted by Gasteiger charge is 2.75. The average molecular weight is 312 g/mol. The van der Waals surface area contributed by atoms with E-state index in [2.05, 4.69) is 4.72 Å². The molecule has 0 radical (unpaired) electrons. The molecule has 0 bridgehead atoms. The van der Waals surface area contributed by atoms with Crippen LogP contribution in [0.1, 0.15) is 34.6 Å². The molecule has 1 rings (SSSR count). The van der Waals surface area contributed by atoms with E-state index in [1.54, 1.807) is 6.92 Å². The van der Waals surface area contributed by atoms with E-state index in [1.807, 2.05) is 25.8 Å². The van der Waals surface area contributed by atoms with Crippen LogP contribution in [0.2, 0.25) is 0 Å². The van der Waals surface area contributed by atoms with Gasteiger partial charge in [0.25, 0.3) is 5.92 Å². The van der Waals surface area contributed by atoms with Gasteiger partial charge in [-0.05, 0) is 27.8 Å². The van der Waals surface area contributed by atoms with Crippen molar-refractivity contribution in [2.45, 2.75) is 52.6 Å². The van der Waals surface area contributed by atoms with E-state index in [0.717, 1.165) is 0 Å². The summed E-state index contributed by atoms with van der Waals surface area (Å²) in [4.78, 5) is 2.00. The van der Waals surface area contributed by atoms with Gasteiger partial charge in [-0.15, -0.1) is 0 Å². The van der Waals surface area contributed by atoms with E-state index in [1.165, 1.54) is 13.8 Å². The predicted octanol–water partition coefficient (Wildman–Crippen LogP) is 1.93. The quantitative estimate of drug-likeness (QED) is 0.781. The van der Waals surface area contributed by atoms with Gasteiger partial charge in [-0.2, -0.15) is 0 Å². The third-order valence-electron chi connectivity index (χ3n) is 4.29. The van der Waals surface area contributed by atoms with Crippen LogP contribution in [-0.4, -0.2) is 50.7 Å². The molecule has 0 aromatic rings. The van der Waals surface area contributed by atoms with Gasteiger partial charge in [0.1, 0.15) is 0 Å². The Labute approximate surface area is 121 Å². The van der Waals surface area contributed by atoms with Gasteiger partial charge >= 0.3 is 0 Å². The molecule has 0 heterocycles. The fourth-order valence-electron chi connectivity index (χ4n) is 2.32. The molecule has 1 aliphatic rings. The zero-order valence-electron chi connectivity index (χ0n) is 13.1. The second-order valence-corrected chi connectivity index (χ2v) is 8.53. The Morgan fingerprint density at radius 2 is 1.70 bits per heavy atom. The second kappa shape index (κ2) is 5.50. The molecule has 1 aliphatic carbocycles. The van der Waals surface area contributed by atoms with Crippen LogP contribution in [0.4, 0.5) is 8.78 Å². The first-order valence-corrected chi connectivity index (χ1v) is 8.54. The maximum absolute atomic E-state index is 13.5. The SMILES string of the molecule is CC(C)N(C)C[C@@H](C)NS(=O)(=O)CC1C(C)(C)C1(F)F. The molecule has 2 atom stereocenters. The number of hydrogen-bond donors (Lipinski definition) is 1. The topological polar surface area (TPSA) is 49.4 Å². The van der Waals surface area contributed by atoms with Gasteiger partial charge in [-0.25, -0.2) is 21.9 Å². The van der Waals surface area contributed by atoms with Gasteiger partial charge in [-0.1, -0.05) is 13.8 Å². The third-order valence-corrected chi connectivity index (χ3v) is 5.83. The molecule has 4 nitrogen and oxygen atoms in total. The lowest BCUT2D eigenvalue weighted by atomic mass is 10.1. The first-order valence-electron chi connectivity index (χ1n) is 6.89. The van der Waals surface area contributed by atoms with Gasteiger partial charge in [0, 0.05) is 30.0 Å². The van der Waals surface area contributed by atoms with Gasteiger partial charge < -0.3 is 4.90 Å². The summed E-state index contributed by atoms with van der Waals surface area (Å²) in [6.45, 7) is 9.11. The van der Waals surface area contributed by atoms with Crippen molar-refractivity contribution in [3.05, 3.63) is 0 Å². The molecule has 0 amide bonds. The third kappa shape index (κ3) is 3.68. The van der Waals surface area contributed by atoms with Crippen molar-refractivity contribution in [3.8, 4) is 0 Å². The van der Waals surface area contributed by atoms with Gasteiger partial charge in [0.2, 0.25) is 10.0 Å². The Balaban J connectivity index is 2.55. The smallest absolute Gasteiger partial charge is 0.258 e. The number of likely N-dealkylation sites (N-methyl/N-ethyl adjacent to an activating group) is 1.